The zero-order chi connectivity index (χ0) is 19.3. The van der Waals surface area contributed by atoms with Crippen molar-refractivity contribution >= 4 is 40.5 Å². The fraction of sp³-hybridized carbons (Fsp3) is 0.450. The molecule has 1 saturated carbocycles. The van der Waals surface area contributed by atoms with Crippen LogP contribution in [-0.2, 0) is 16.0 Å². The first-order valence-corrected chi connectivity index (χ1v) is 11.4. The number of amides is 4. The van der Waals surface area contributed by atoms with Crippen molar-refractivity contribution in [3.8, 4) is 0 Å². The lowest BCUT2D eigenvalue weighted by molar-refractivity contribution is -0.140. The Morgan fingerprint density at radius 3 is 2.75 bits per heavy atom. The minimum absolute atomic E-state index is 0.135. The first-order valence-electron chi connectivity index (χ1n) is 9.62. The van der Waals surface area contributed by atoms with Crippen LogP contribution in [0.25, 0.3) is 0 Å². The van der Waals surface area contributed by atoms with Crippen LogP contribution < -0.4 is 5.32 Å². The molecule has 6 nitrogen and oxygen atoms in total. The molecule has 4 heterocycles. The molecule has 3 aliphatic rings. The van der Waals surface area contributed by atoms with Crippen LogP contribution >= 0.6 is 22.7 Å². The van der Waals surface area contributed by atoms with Gasteiger partial charge in [0.25, 0.3) is 5.91 Å². The van der Waals surface area contributed by atoms with Crippen LogP contribution in [0.5, 0.6) is 0 Å². The van der Waals surface area contributed by atoms with E-state index in [0.29, 0.717) is 19.4 Å². The van der Waals surface area contributed by atoms with E-state index in [0.717, 1.165) is 34.6 Å². The second-order valence-corrected chi connectivity index (χ2v) is 9.64. The van der Waals surface area contributed by atoms with Gasteiger partial charge in [-0.1, -0.05) is 18.9 Å². The number of rotatable bonds is 3. The smallest absolute Gasteiger partial charge is 0.325 e. The van der Waals surface area contributed by atoms with E-state index in [4.69, 9.17) is 0 Å². The lowest BCUT2D eigenvalue weighted by Gasteiger charge is -2.36. The van der Waals surface area contributed by atoms with E-state index in [1.54, 1.807) is 22.7 Å². The highest BCUT2D eigenvalue weighted by molar-refractivity contribution is 7.10. The molecule has 146 valence electrons. The van der Waals surface area contributed by atoms with Gasteiger partial charge in [0.1, 0.15) is 12.1 Å². The van der Waals surface area contributed by atoms with E-state index in [2.05, 4.69) is 16.8 Å². The summed E-state index contributed by atoms with van der Waals surface area (Å²) < 4.78 is 0. The molecule has 8 heteroatoms. The summed E-state index contributed by atoms with van der Waals surface area (Å²) in [5, 5.41) is 6.94. The largest absolute Gasteiger partial charge is 0.329 e. The van der Waals surface area contributed by atoms with E-state index in [-0.39, 0.29) is 24.4 Å². The molecule has 5 rings (SSSR count). The Labute approximate surface area is 171 Å². The normalized spacial score (nSPS) is 23.4. The monoisotopic (exact) mass is 415 g/mol. The maximum atomic E-state index is 13.2. The summed E-state index contributed by atoms with van der Waals surface area (Å²) in [5.41, 5.74) is 0.393. The number of nitrogens with one attached hydrogen (secondary N) is 1. The average Bonchev–Trinajstić information content (AvgIpc) is 3.47. The molecule has 1 spiro atoms. The first-order chi connectivity index (χ1) is 13.6. The third-order valence-corrected chi connectivity index (χ3v) is 8.02. The molecule has 1 saturated heterocycles. The van der Waals surface area contributed by atoms with Crippen molar-refractivity contribution in [3.05, 3.63) is 44.3 Å². The molecular formula is C20H21N3O3S2. The Hall–Kier alpha value is -2.19. The van der Waals surface area contributed by atoms with E-state index in [9.17, 15) is 14.4 Å². The van der Waals surface area contributed by atoms with Crippen LogP contribution in [-0.4, -0.2) is 46.3 Å². The Morgan fingerprint density at radius 2 is 2.00 bits per heavy atom. The van der Waals surface area contributed by atoms with E-state index >= 15 is 0 Å². The number of urea groups is 1. The van der Waals surface area contributed by atoms with Crippen LogP contribution in [0.15, 0.2) is 29.0 Å². The highest BCUT2D eigenvalue weighted by atomic mass is 32.1. The highest BCUT2D eigenvalue weighted by Gasteiger charge is 2.53. The number of carbonyl (C=O) groups is 3. The molecule has 0 aromatic carbocycles. The number of hydrogen-bond acceptors (Lipinski definition) is 5. The van der Waals surface area contributed by atoms with Gasteiger partial charge in [0.2, 0.25) is 5.91 Å². The fourth-order valence-electron chi connectivity index (χ4n) is 4.70. The third-order valence-electron chi connectivity index (χ3n) is 6.10. The maximum absolute atomic E-state index is 13.2. The Kier molecular flexibility index (Phi) is 4.28. The van der Waals surface area contributed by atoms with Gasteiger partial charge in [0.05, 0.1) is 6.04 Å². The van der Waals surface area contributed by atoms with Crippen LogP contribution in [0.3, 0.4) is 0 Å². The highest BCUT2D eigenvalue weighted by Crippen LogP contribution is 2.40. The van der Waals surface area contributed by atoms with Crippen molar-refractivity contribution < 1.29 is 14.4 Å². The van der Waals surface area contributed by atoms with Crippen LogP contribution in [0, 0.1) is 0 Å². The van der Waals surface area contributed by atoms with Gasteiger partial charge in [-0.2, -0.15) is 0 Å². The number of carbonyl (C=O) groups excluding carboxylic acids is 3. The summed E-state index contributed by atoms with van der Waals surface area (Å²) in [6, 6.07) is 5.56. The summed E-state index contributed by atoms with van der Waals surface area (Å²) in [7, 11) is 0. The van der Waals surface area contributed by atoms with Gasteiger partial charge < -0.3 is 10.2 Å². The quantitative estimate of drug-likeness (QED) is 0.783. The maximum Gasteiger partial charge on any atom is 0.325 e. The average molecular weight is 416 g/mol. The van der Waals surface area contributed by atoms with Crippen LogP contribution in [0.4, 0.5) is 4.79 Å². The number of fused-ring (bicyclic) bond motifs is 1. The van der Waals surface area contributed by atoms with Gasteiger partial charge >= 0.3 is 6.03 Å². The predicted octanol–water partition coefficient (Wildman–Crippen LogP) is 3.15. The Bertz CT molecular complexity index is 930. The van der Waals surface area contributed by atoms with Crippen molar-refractivity contribution in [1.82, 2.24) is 15.1 Å². The minimum Gasteiger partial charge on any atom is -0.329 e. The van der Waals surface area contributed by atoms with Gasteiger partial charge in [0, 0.05) is 16.3 Å². The van der Waals surface area contributed by atoms with Gasteiger partial charge in [-0.3, -0.25) is 14.5 Å². The number of nitrogens with zero attached hydrogens (tertiary/aromatic N) is 2. The molecule has 0 bridgehead atoms. The number of hydrogen-bond donors (Lipinski definition) is 1. The summed E-state index contributed by atoms with van der Waals surface area (Å²) in [5.74, 6) is -0.405. The second kappa shape index (κ2) is 6.70. The van der Waals surface area contributed by atoms with Gasteiger partial charge in [0.15, 0.2) is 0 Å². The lowest BCUT2D eigenvalue weighted by atomic mass is 9.97. The zero-order valence-corrected chi connectivity index (χ0v) is 17.0. The molecule has 2 aromatic rings. The third kappa shape index (κ3) is 2.69. The number of imide groups is 1. The van der Waals surface area contributed by atoms with Crippen LogP contribution in [0.2, 0.25) is 0 Å². The summed E-state index contributed by atoms with van der Waals surface area (Å²) in [6.07, 6.45) is 4.01. The summed E-state index contributed by atoms with van der Waals surface area (Å²) >= 11 is 3.35. The summed E-state index contributed by atoms with van der Waals surface area (Å²) in [6.45, 7) is 0.414. The Morgan fingerprint density at radius 1 is 1.18 bits per heavy atom. The molecule has 28 heavy (non-hydrogen) atoms. The lowest BCUT2D eigenvalue weighted by Crippen LogP contribution is -2.48. The van der Waals surface area contributed by atoms with Gasteiger partial charge in [-0.15, -0.1) is 22.7 Å². The molecule has 0 radical (unpaired) electrons. The molecule has 2 aliphatic heterocycles. The van der Waals surface area contributed by atoms with Crippen molar-refractivity contribution in [3.63, 3.8) is 0 Å². The van der Waals surface area contributed by atoms with E-state index < -0.39 is 11.6 Å². The van der Waals surface area contributed by atoms with Crippen molar-refractivity contribution in [2.24, 2.45) is 0 Å². The standard InChI is InChI=1S/C20H21N3O3S2/c24-16(12-23-18(25)20(21-19(23)26)7-1-2-8-20)22-9-5-14-13(6-11-28-14)17(22)15-4-3-10-27-15/h3-4,6,10-11,17H,1-2,5,7-9,12H2,(H,21,26)/t17-/m1/s1. The minimum atomic E-state index is -0.771. The molecule has 1 N–H and O–H groups in total. The van der Waals surface area contributed by atoms with Crippen LogP contribution in [0.1, 0.15) is 47.0 Å². The number of thiophene rings is 2. The molecule has 2 aromatic heterocycles. The van der Waals surface area contributed by atoms with E-state index in [1.807, 2.05) is 22.4 Å². The van der Waals surface area contributed by atoms with Gasteiger partial charge in [-0.05, 0) is 47.7 Å². The van der Waals surface area contributed by atoms with E-state index in [1.165, 1.54) is 4.88 Å². The fourth-order valence-corrected chi connectivity index (χ4v) is 6.46. The predicted molar refractivity (Wildman–Crippen MR) is 107 cm³/mol. The van der Waals surface area contributed by atoms with Crippen molar-refractivity contribution in [2.45, 2.75) is 43.7 Å². The second-order valence-electron chi connectivity index (χ2n) is 7.66. The van der Waals surface area contributed by atoms with Crippen molar-refractivity contribution in [1.29, 1.82) is 0 Å². The Balaban J connectivity index is 1.40. The molecule has 1 aliphatic carbocycles. The summed E-state index contributed by atoms with van der Waals surface area (Å²) in [4.78, 5) is 44.0. The molecule has 0 unspecified atom stereocenters. The van der Waals surface area contributed by atoms with Gasteiger partial charge in [-0.25, -0.2) is 4.79 Å². The molecule has 4 amide bonds. The van der Waals surface area contributed by atoms with Crippen molar-refractivity contribution in [2.75, 3.05) is 13.1 Å². The molecule has 1 atom stereocenters. The SMILES string of the molecule is O=C1NC2(CCCC2)C(=O)N1CC(=O)N1CCc2sccc2[C@@H]1c1cccs1. The first kappa shape index (κ1) is 17.9. The molecule has 2 fully saturated rings. The topological polar surface area (TPSA) is 69.7 Å². The molecular weight excluding hydrogens is 394 g/mol. The zero-order valence-electron chi connectivity index (χ0n) is 15.3.